The van der Waals surface area contributed by atoms with Gasteiger partial charge in [-0.1, -0.05) is 0 Å². The van der Waals surface area contributed by atoms with Crippen LogP contribution in [0.4, 0.5) is 5.82 Å². The van der Waals surface area contributed by atoms with Crippen LogP contribution in [0.5, 0.6) is 0 Å². The number of aryl methyl sites for hydroxylation is 1. The molecule has 0 aliphatic carbocycles. The van der Waals surface area contributed by atoms with Crippen molar-refractivity contribution in [2.75, 3.05) is 18.4 Å². The van der Waals surface area contributed by atoms with Gasteiger partial charge in [-0.05, 0) is 0 Å². The predicted octanol–water partition coefficient (Wildman–Crippen LogP) is -0.209. The van der Waals surface area contributed by atoms with Crippen LogP contribution in [0, 0.1) is 0 Å². The first kappa shape index (κ1) is 7.15. The fourth-order valence-corrected chi connectivity index (χ4v) is 1.08. The maximum atomic E-state index is 4.19. The lowest BCUT2D eigenvalue weighted by atomic mass is 10.6. The van der Waals surface area contributed by atoms with Crippen molar-refractivity contribution < 1.29 is 0 Å². The van der Waals surface area contributed by atoms with Gasteiger partial charge < -0.3 is 10.6 Å². The molecule has 1 aromatic heterocycles. The monoisotopic (exact) mass is 165 g/mol. The molecule has 0 saturated carbocycles. The van der Waals surface area contributed by atoms with E-state index in [2.05, 4.69) is 20.7 Å². The first-order chi connectivity index (χ1) is 5.84. The number of hydrogen-bond donors (Lipinski definition) is 2. The molecule has 1 aliphatic rings. The molecule has 0 fully saturated rings. The van der Waals surface area contributed by atoms with E-state index in [4.69, 9.17) is 0 Å². The Bertz CT molecular complexity index is 301. The minimum absolute atomic E-state index is 0.814. The topological polar surface area (TPSA) is 54.2 Å². The maximum absolute atomic E-state index is 4.19. The van der Waals surface area contributed by atoms with E-state index in [-0.39, 0.29) is 0 Å². The number of rotatable bonds is 1. The van der Waals surface area contributed by atoms with E-state index in [9.17, 15) is 0 Å². The fourth-order valence-electron chi connectivity index (χ4n) is 1.08. The van der Waals surface area contributed by atoms with Crippen LogP contribution < -0.4 is 10.6 Å². The SMILES string of the molecule is Cn1ccc(NC2=NCCN2)n1. The molecule has 2 heterocycles. The Balaban J connectivity index is 2.03. The molecule has 0 radical (unpaired) electrons. The molecule has 0 spiro atoms. The molecule has 0 amide bonds. The van der Waals surface area contributed by atoms with Crippen molar-refractivity contribution in [3.05, 3.63) is 12.3 Å². The predicted molar refractivity (Wildman–Crippen MR) is 47.1 cm³/mol. The van der Waals surface area contributed by atoms with E-state index in [1.807, 2.05) is 19.3 Å². The molecule has 2 N–H and O–H groups in total. The zero-order chi connectivity index (χ0) is 8.39. The van der Waals surface area contributed by atoms with Crippen LogP contribution in [0.3, 0.4) is 0 Å². The Hall–Kier alpha value is -1.52. The van der Waals surface area contributed by atoms with E-state index in [0.29, 0.717) is 0 Å². The average Bonchev–Trinajstić information content (AvgIpc) is 2.63. The highest BCUT2D eigenvalue weighted by atomic mass is 15.3. The summed E-state index contributed by atoms with van der Waals surface area (Å²) >= 11 is 0. The largest absolute Gasteiger partial charge is 0.354 e. The summed E-state index contributed by atoms with van der Waals surface area (Å²) in [5.74, 6) is 1.64. The molecule has 1 aliphatic heterocycles. The smallest absolute Gasteiger partial charge is 0.197 e. The summed E-state index contributed by atoms with van der Waals surface area (Å²) in [4.78, 5) is 4.19. The van der Waals surface area contributed by atoms with Gasteiger partial charge in [-0.3, -0.25) is 9.67 Å². The number of nitrogens with zero attached hydrogens (tertiary/aromatic N) is 3. The molecule has 2 rings (SSSR count). The van der Waals surface area contributed by atoms with Crippen LogP contribution >= 0.6 is 0 Å². The fraction of sp³-hybridized carbons (Fsp3) is 0.429. The summed E-state index contributed by atoms with van der Waals surface area (Å²) in [5.41, 5.74) is 0. The van der Waals surface area contributed by atoms with E-state index in [1.165, 1.54) is 0 Å². The Labute approximate surface area is 70.5 Å². The number of anilines is 1. The summed E-state index contributed by atoms with van der Waals surface area (Å²) in [6, 6.07) is 1.91. The summed E-state index contributed by atoms with van der Waals surface area (Å²) in [6.07, 6.45) is 1.89. The van der Waals surface area contributed by atoms with Crippen molar-refractivity contribution in [2.24, 2.45) is 12.0 Å². The highest BCUT2D eigenvalue weighted by Crippen LogP contribution is 2.00. The minimum Gasteiger partial charge on any atom is -0.354 e. The first-order valence-corrected chi connectivity index (χ1v) is 3.89. The van der Waals surface area contributed by atoms with Crippen molar-refractivity contribution in [1.29, 1.82) is 0 Å². The van der Waals surface area contributed by atoms with Crippen LogP contribution in [0.2, 0.25) is 0 Å². The van der Waals surface area contributed by atoms with Gasteiger partial charge in [0.05, 0.1) is 6.54 Å². The van der Waals surface area contributed by atoms with Gasteiger partial charge in [0.25, 0.3) is 0 Å². The van der Waals surface area contributed by atoms with E-state index in [1.54, 1.807) is 4.68 Å². The van der Waals surface area contributed by atoms with Crippen LogP contribution in [0.25, 0.3) is 0 Å². The molecule has 0 unspecified atom stereocenters. The Morgan fingerprint density at radius 1 is 1.67 bits per heavy atom. The second kappa shape index (κ2) is 2.84. The van der Waals surface area contributed by atoms with Gasteiger partial charge in [-0.15, -0.1) is 0 Å². The van der Waals surface area contributed by atoms with Crippen LogP contribution in [-0.2, 0) is 7.05 Å². The standard InChI is InChI=1S/C7H11N5/c1-12-5-2-6(11-12)10-7-8-3-4-9-7/h2,5H,3-4H2,1H3,(H2,8,9,10,11). The van der Waals surface area contributed by atoms with Crippen molar-refractivity contribution in [1.82, 2.24) is 15.1 Å². The van der Waals surface area contributed by atoms with Crippen molar-refractivity contribution >= 4 is 11.8 Å². The number of aliphatic imine (C=N–C) groups is 1. The Morgan fingerprint density at radius 3 is 3.17 bits per heavy atom. The molecule has 64 valence electrons. The van der Waals surface area contributed by atoms with Gasteiger partial charge in [-0.2, -0.15) is 5.10 Å². The average molecular weight is 165 g/mol. The minimum atomic E-state index is 0.814. The highest BCUT2D eigenvalue weighted by Gasteiger charge is 2.05. The molecular weight excluding hydrogens is 154 g/mol. The third-order valence-corrected chi connectivity index (χ3v) is 1.63. The normalized spacial score (nSPS) is 15.6. The summed E-state index contributed by atoms with van der Waals surface area (Å²) in [5, 5.41) is 10.3. The molecule has 5 nitrogen and oxygen atoms in total. The zero-order valence-electron chi connectivity index (χ0n) is 6.91. The Morgan fingerprint density at radius 2 is 2.58 bits per heavy atom. The van der Waals surface area contributed by atoms with E-state index in [0.717, 1.165) is 24.9 Å². The van der Waals surface area contributed by atoms with Crippen molar-refractivity contribution in [3.8, 4) is 0 Å². The third kappa shape index (κ3) is 1.39. The van der Waals surface area contributed by atoms with Crippen LogP contribution in [0.1, 0.15) is 0 Å². The van der Waals surface area contributed by atoms with Crippen LogP contribution in [-0.4, -0.2) is 28.8 Å². The molecule has 12 heavy (non-hydrogen) atoms. The van der Waals surface area contributed by atoms with Gasteiger partial charge in [0.15, 0.2) is 11.8 Å². The van der Waals surface area contributed by atoms with Crippen LogP contribution in [0.15, 0.2) is 17.3 Å². The second-order valence-corrected chi connectivity index (χ2v) is 2.66. The van der Waals surface area contributed by atoms with E-state index >= 15 is 0 Å². The number of aromatic nitrogens is 2. The Kier molecular flexibility index (Phi) is 1.69. The van der Waals surface area contributed by atoms with Crippen molar-refractivity contribution in [3.63, 3.8) is 0 Å². The molecule has 0 saturated heterocycles. The molecule has 5 heteroatoms. The molecule has 0 atom stereocenters. The quantitative estimate of drug-likeness (QED) is 0.605. The number of guanidine groups is 1. The van der Waals surface area contributed by atoms with Gasteiger partial charge in [0.2, 0.25) is 0 Å². The lowest BCUT2D eigenvalue weighted by molar-refractivity contribution is 0.771. The second-order valence-electron chi connectivity index (χ2n) is 2.66. The van der Waals surface area contributed by atoms with Gasteiger partial charge in [0.1, 0.15) is 0 Å². The summed E-state index contributed by atoms with van der Waals surface area (Å²) in [6.45, 7) is 1.75. The molecular formula is C7H11N5. The zero-order valence-corrected chi connectivity index (χ0v) is 6.91. The number of nitrogens with one attached hydrogen (secondary N) is 2. The summed E-state index contributed by atoms with van der Waals surface area (Å²) < 4.78 is 1.75. The summed E-state index contributed by atoms with van der Waals surface area (Å²) in [7, 11) is 1.88. The highest BCUT2D eigenvalue weighted by molar-refractivity contribution is 5.93. The van der Waals surface area contributed by atoms with E-state index < -0.39 is 0 Å². The maximum Gasteiger partial charge on any atom is 0.197 e. The van der Waals surface area contributed by atoms with Crippen molar-refractivity contribution in [2.45, 2.75) is 0 Å². The lowest BCUT2D eigenvalue weighted by Gasteiger charge is -2.01. The molecule has 1 aromatic rings. The number of hydrogen-bond acceptors (Lipinski definition) is 4. The van der Waals surface area contributed by atoms with Gasteiger partial charge in [-0.25, -0.2) is 0 Å². The third-order valence-electron chi connectivity index (χ3n) is 1.63. The van der Waals surface area contributed by atoms with Gasteiger partial charge in [0, 0.05) is 25.9 Å². The molecule has 0 bridgehead atoms. The van der Waals surface area contributed by atoms with Gasteiger partial charge >= 0.3 is 0 Å². The lowest BCUT2D eigenvalue weighted by Crippen LogP contribution is -2.26. The first-order valence-electron chi connectivity index (χ1n) is 3.89. The molecule has 0 aromatic carbocycles.